The van der Waals surface area contributed by atoms with Crippen LogP contribution in [0.3, 0.4) is 0 Å². The summed E-state index contributed by atoms with van der Waals surface area (Å²) in [7, 11) is 0. The van der Waals surface area contributed by atoms with E-state index in [-0.39, 0.29) is 46.4 Å². The van der Waals surface area contributed by atoms with Gasteiger partial charge in [-0.1, -0.05) is 23.5 Å². The van der Waals surface area contributed by atoms with Crippen molar-refractivity contribution in [3.05, 3.63) is 36.2 Å². The molecule has 4 atom stereocenters. The van der Waals surface area contributed by atoms with Gasteiger partial charge in [0.2, 0.25) is 11.8 Å². The number of Topliss-reactive ketones (excluding diaryl/α,β-unsaturated/α-hetero) is 1. The van der Waals surface area contributed by atoms with Crippen molar-refractivity contribution in [2.45, 2.75) is 59.3 Å². The lowest BCUT2D eigenvalue weighted by Crippen LogP contribution is -2.41. The fourth-order valence-corrected chi connectivity index (χ4v) is 7.55. The molecule has 0 radical (unpaired) electrons. The number of nitrogens with zero attached hydrogens (tertiary/aromatic N) is 4. The van der Waals surface area contributed by atoms with Gasteiger partial charge in [-0.2, -0.15) is 0 Å². The molecule has 2 heterocycles. The van der Waals surface area contributed by atoms with E-state index in [1.165, 1.54) is 49.9 Å². The third kappa shape index (κ3) is 13.8. The maximum absolute atomic E-state index is 13.6. The number of aromatic nitrogens is 4. The molecule has 0 saturated heterocycles. The molecule has 0 aliphatic rings. The number of ketones is 1. The molecular weight excluding hydrogens is 695 g/mol. The zero-order valence-corrected chi connectivity index (χ0v) is 28.3. The van der Waals surface area contributed by atoms with E-state index in [0.717, 1.165) is 23.5 Å². The molecule has 2 aromatic heterocycles. The quantitative estimate of drug-likeness (QED) is 0.0875. The van der Waals surface area contributed by atoms with Crippen LogP contribution in [0.15, 0.2) is 34.7 Å². The summed E-state index contributed by atoms with van der Waals surface area (Å²) in [6.07, 6.45) is 2.65. The lowest BCUT2D eigenvalue weighted by atomic mass is 10.1. The molecule has 0 aliphatic heterocycles. The van der Waals surface area contributed by atoms with E-state index >= 15 is 0 Å². The van der Waals surface area contributed by atoms with Gasteiger partial charge in [0.15, 0.2) is 0 Å². The number of halogens is 2. The zero-order valence-electron chi connectivity index (χ0n) is 23.5. The Hall–Kier alpha value is -2.31. The number of aliphatic carboxylic acids is 2. The van der Waals surface area contributed by atoms with E-state index in [9.17, 15) is 34.2 Å². The van der Waals surface area contributed by atoms with Crippen molar-refractivity contribution in [3.8, 4) is 0 Å². The number of nitrogens with one attached hydrogen (secondary N) is 2. The van der Waals surface area contributed by atoms with Crippen LogP contribution in [0.2, 0.25) is 0 Å². The molecule has 240 valence electrons. The van der Waals surface area contributed by atoms with Crippen LogP contribution in [0.5, 0.6) is 0 Å². The van der Waals surface area contributed by atoms with Gasteiger partial charge in [0.05, 0.1) is 26.6 Å². The van der Waals surface area contributed by atoms with Crippen LogP contribution in [-0.2, 0) is 24.0 Å². The molecule has 0 aliphatic carbocycles. The van der Waals surface area contributed by atoms with Gasteiger partial charge in [0.25, 0.3) is 0 Å². The number of rotatable bonds is 20. The molecule has 4 unspecified atom stereocenters. The lowest BCUT2D eigenvalue weighted by molar-refractivity contribution is -0.141. The topological polar surface area (TPSA) is 201 Å². The standard InChI is InChI=1S/C25H30Cl2N6O7S4/c1-13(34)31-17(24(37)38)8-41-19(16-7-22(44-11-27)30-12-29-16)5-15(36)6-20(23-28-4-3-21(33-23)43-10-26)42-9-18(25(39)40)32-14(2)35/h3-4,7,12,17-20H,5-6,8-11H2,1-2H3,(H,31,34)(H,32,35)(H,37,38)(H,39,40). The number of hydrogen-bond acceptors (Lipinski definition) is 13. The number of thioether (sulfide) groups is 4. The predicted octanol–water partition coefficient (Wildman–Crippen LogP) is 3.62. The Morgan fingerprint density at radius 3 is 1.91 bits per heavy atom. The van der Waals surface area contributed by atoms with Crippen molar-refractivity contribution in [3.63, 3.8) is 0 Å². The van der Waals surface area contributed by atoms with Crippen LogP contribution >= 0.6 is 70.2 Å². The third-order valence-electron chi connectivity index (χ3n) is 5.44. The van der Waals surface area contributed by atoms with E-state index in [2.05, 4.69) is 30.6 Å². The molecule has 0 spiro atoms. The molecule has 0 saturated carbocycles. The first-order valence-electron chi connectivity index (χ1n) is 12.7. The average molecular weight is 726 g/mol. The van der Waals surface area contributed by atoms with Crippen LogP contribution in [-0.4, -0.2) is 93.7 Å². The van der Waals surface area contributed by atoms with Crippen molar-refractivity contribution in [1.82, 2.24) is 30.6 Å². The minimum Gasteiger partial charge on any atom is -0.480 e. The average Bonchev–Trinajstić information content (AvgIpc) is 2.96. The number of carboxylic acid groups (broad SMARTS) is 2. The molecule has 0 aromatic carbocycles. The third-order valence-corrected chi connectivity index (χ3v) is 10.00. The van der Waals surface area contributed by atoms with Crippen LogP contribution in [0, 0.1) is 0 Å². The number of carbonyl (C=O) groups is 5. The van der Waals surface area contributed by atoms with E-state index in [0.29, 0.717) is 15.7 Å². The lowest BCUT2D eigenvalue weighted by Gasteiger charge is -2.21. The Morgan fingerprint density at radius 1 is 0.818 bits per heavy atom. The molecule has 19 heteroatoms. The van der Waals surface area contributed by atoms with Crippen molar-refractivity contribution in [1.29, 1.82) is 0 Å². The maximum Gasteiger partial charge on any atom is 0.327 e. The van der Waals surface area contributed by atoms with Crippen molar-refractivity contribution < 1.29 is 34.2 Å². The highest BCUT2D eigenvalue weighted by Crippen LogP contribution is 2.37. The summed E-state index contributed by atoms with van der Waals surface area (Å²) in [6, 6.07) is 0.914. The van der Waals surface area contributed by atoms with Crippen LogP contribution in [0.25, 0.3) is 0 Å². The summed E-state index contributed by atoms with van der Waals surface area (Å²) in [4.78, 5) is 77.4. The van der Waals surface area contributed by atoms with Crippen molar-refractivity contribution in [2.75, 3.05) is 21.9 Å². The fourth-order valence-electron chi connectivity index (χ4n) is 3.55. The largest absolute Gasteiger partial charge is 0.480 e. The first-order chi connectivity index (χ1) is 20.9. The predicted molar refractivity (Wildman–Crippen MR) is 172 cm³/mol. The Kier molecular flexibility index (Phi) is 17.2. The first-order valence-corrected chi connectivity index (χ1v) is 17.8. The van der Waals surface area contributed by atoms with E-state index in [4.69, 9.17) is 23.2 Å². The summed E-state index contributed by atoms with van der Waals surface area (Å²) in [5.41, 5.74) is 0.468. The van der Waals surface area contributed by atoms with Gasteiger partial charge in [-0.3, -0.25) is 14.4 Å². The second-order valence-electron chi connectivity index (χ2n) is 8.81. The van der Waals surface area contributed by atoms with Gasteiger partial charge < -0.3 is 20.8 Å². The van der Waals surface area contributed by atoms with E-state index < -0.39 is 46.3 Å². The summed E-state index contributed by atoms with van der Waals surface area (Å²) in [6.45, 7) is 2.42. The first kappa shape index (κ1) is 37.9. The Balaban J connectivity index is 2.35. The van der Waals surface area contributed by atoms with Gasteiger partial charge >= 0.3 is 11.9 Å². The minimum absolute atomic E-state index is 0.0508. The Labute approximate surface area is 280 Å². The van der Waals surface area contributed by atoms with Gasteiger partial charge in [-0.05, 0) is 12.1 Å². The Morgan fingerprint density at radius 2 is 1.36 bits per heavy atom. The smallest absolute Gasteiger partial charge is 0.327 e. The molecule has 2 rings (SSSR count). The normalized spacial score (nSPS) is 13.7. The second kappa shape index (κ2) is 19.9. The van der Waals surface area contributed by atoms with Crippen molar-refractivity contribution in [2.24, 2.45) is 0 Å². The van der Waals surface area contributed by atoms with E-state index in [1.807, 2.05) is 0 Å². The van der Waals surface area contributed by atoms with Crippen molar-refractivity contribution >= 4 is 99.8 Å². The van der Waals surface area contributed by atoms with Gasteiger partial charge in [-0.25, -0.2) is 29.5 Å². The number of alkyl halides is 2. The molecule has 0 bridgehead atoms. The zero-order chi connectivity index (χ0) is 32.6. The number of amides is 2. The maximum atomic E-state index is 13.6. The summed E-state index contributed by atoms with van der Waals surface area (Å²) in [5, 5.41) is 24.2. The summed E-state index contributed by atoms with van der Waals surface area (Å²) < 4.78 is 0. The summed E-state index contributed by atoms with van der Waals surface area (Å²) >= 11 is 16.4. The minimum atomic E-state index is -1.23. The number of carbonyl (C=O) groups excluding carboxylic acids is 3. The molecule has 13 nitrogen and oxygen atoms in total. The van der Waals surface area contributed by atoms with Gasteiger partial charge in [-0.15, -0.1) is 46.7 Å². The van der Waals surface area contributed by atoms with Crippen LogP contribution < -0.4 is 10.6 Å². The van der Waals surface area contributed by atoms with Gasteiger partial charge in [0, 0.05) is 44.4 Å². The Bertz CT molecular complexity index is 1220. The second-order valence-corrected chi connectivity index (χ2v) is 14.4. The highest BCUT2D eigenvalue weighted by Gasteiger charge is 2.28. The molecular formula is C25H30Cl2N6O7S4. The fraction of sp³-hybridized carbons (Fsp3) is 0.480. The molecule has 2 aromatic rings. The molecule has 44 heavy (non-hydrogen) atoms. The monoisotopic (exact) mass is 724 g/mol. The van der Waals surface area contributed by atoms with Crippen LogP contribution in [0.1, 0.15) is 48.7 Å². The number of hydrogen-bond donors (Lipinski definition) is 4. The SMILES string of the molecule is CC(=O)NC(CSC(CC(=O)CC(SCC(NC(C)=O)C(=O)O)c1nccc(SCCl)n1)c1cc(SCCl)ncn1)C(=O)O. The summed E-state index contributed by atoms with van der Waals surface area (Å²) in [5.74, 6) is -3.58. The highest BCUT2D eigenvalue weighted by molar-refractivity contribution is 8.00. The van der Waals surface area contributed by atoms with Gasteiger partial charge in [0.1, 0.15) is 40.1 Å². The van der Waals surface area contributed by atoms with E-state index in [1.54, 1.807) is 12.1 Å². The van der Waals surface area contributed by atoms with Crippen LogP contribution in [0.4, 0.5) is 0 Å². The molecule has 2 amide bonds. The molecule has 0 fully saturated rings. The molecule has 4 N–H and O–H groups in total. The highest BCUT2D eigenvalue weighted by atomic mass is 35.5. The number of carboxylic acids is 2.